The Morgan fingerprint density at radius 2 is 1.90 bits per heavy atom. The number of nitrogens with one attached hydrogen (secondary N) is 1. The molecule has 0 aliphatic heterocycles. The summed E-state index contributed by atoms with van der Waals surface area (Å²) < 4.78 is 0. The normalized spacial score (nSPS) is 12.0. The topological polar surface area (TPSA) is 49.3 Å². The van der Waals surface area contributed by atoms with Crippen LogP contribution in [0.2, 0.25) is 5.02 Å². The number of hydrogen-bond donors (Lipinski definition) is 2. The van der Waals surface area contributed by atoms with Crippen LogP contribution in [-0.2, 0) is 0 Å². The third-order valence-corrected chi connectivity index (χ3v) is 4.23. The largest absolute Gasteiger partial charge is 0.478 e. The zero-order chi connectivity index (χ0) is 15.4. The van der Waals surface area contributed by atoms with E-state index in [9.17, 15) is 9.90 Å². The zero-order valence-electron chi connectivity index (χ0n) is 11.8. The van der Waals surface area contributed by atoms with E-state index >= 15 is 0 Å². The molecule has 0 fully saturated rings. The summed E-state index contributed by atoms with van der Waals surface area (Å²) in [5.41, 5.74) is 1.98. The summed E-state index contributed by atoms with van der Waals surface area (Å²) in [6.45, 7) is 1.99. The number of carboxylic acid groups (broad SMARTS) is 1. The Balaban J connectivity index is 2.30. The van der Waals surface area contributed by atoms with Crippen molar-refractivity contribution in [1.29, 1.82) is 0 Å². The molecule has 110 valence electrons. The number of aromatic carboxylic acids is 1. The van der Waals surface area contributed by atoms with Gasteiger partial charge in [0.25, 0.3) is 0 Å². The van der Waals surface area contributed by atoms with Crippen molar-refractivity contribution in [2.75, 3.05) is 11.6 Å². The standard InChI is InChI=1S/C16H16ClNO2S/c1-10(11-6-8-12(17)9-7-11)18-13-4-3-5-14(21-2)15(13)16(19)20/h3-10,18H,1-2H3,(H,19,20). The van der Waals surface area contributed by atoms with Crippen molar-refractivity contribution in [2.24, 2.45) is 0 Å². The first kappa shape index (κ1) is 15.7. The van der Waals surface area contributed by atoms with Gasteiger partial charge in [0.2, 0.25) is 0 Å². The average Bonchev–Trinajstić information content (AvgIpc) is 2.47. The molecule has 2 aromatic rings. The van der Waals surface area contributed by atoms with E-state index in [1.165, 1.54) is 11.8 Å². The highest BCUT2D eigenvalue weighted by molar-refractivity contribution is 7.98. The summed E-state index contributed by atoms with van der Waals surface area (Å²) in [5.74, 6) is -0.925. The van der Waals surface area contributed by atoms with Crippen molar-refractivity contribution in [3.63, 3.8) is 0 Å². The highest BCUT2D eigenvalue weighted by Gasteiger charge is 2.16. The molecule has 0 spiro atoms. The predicted octanol–water partition coefficient (Wildman–Crippen LogP) is 4.93. The Morgan fingerprint density at radius 1 is 1.24 bits per heavy atom. The van der Waals surface area contributed by atoms with E-state index in [-0.39, 0.29) is 6.04 Å². The van der Waals surface area contributed by atoms with Gasteiger partial charge in [-0.15, -0.1) is 11.8 Å². The fourth-order valence-electron chi connectivity index (χ4n) is 2.11. The van der Waals surface area contributed by atoms with E-state index in [1.54, 1.807) is 6.07 Å². The molecule has 3 nitrogen and oxygen atoms in total. The number of halogens is 1. The molecular formula is C16H16ClNO2S. The molecule has 5 heteroatoms. The molecule has 0 saturated carbocycles. The molecule has 0 bridgehead atoms. The molecule has 2 rings (SSSR count). The first-order valence-corrected chi connectivity index (χ1v) is 8.05. The summed E-state index contributed by atoms with van der Waals surface area (Å²) in [6.07, 6.45) is 1.87. The Labute approximate surface area is 133 Å². The van der Waals surface area contributed by atoms with Gasteiger partial charge in [0.15, 0.2) is 0 Å². The van der Waals surface area contributed by atoms with Gasteiger partial charge < -0.3 is 10.4 Å². The monoisotopic (exact) mass is 321 g/mol. The number of carbonyl (C=O) groups is 1. The lowest BCUT2D eigenvalue weighted by atomic mass is 10.1. The van der Waals surface area contributed by atoms with Crippen LogP contribution in [0.15, 0.2) is 47.4 Å². The van der Waals surface area contributed by atoms with Crippen LogP contribution in [0.3, 0.4) is 0 Å². The summed E-state index contributed by atoms with van der Waals surface area (Å²) in [5, 5.41) is 13.4. The van der Waals surface area contributed by atoms with Crippen molar-refractivity contribution in [3.05, 3.63) is 58.6 Å². The number of rotatable bonds is 5. The van der Waals surface area contributed by atoms with E-state index in [0.717, 1.165) is 10.5 Å². The van der Waals surface area contributed by atoms with Crippen molar-refractivity contribution < 1.29 is 9.90 Å². The smallest absolute Gasteiger partial charge is 0.338 e. The Kier molecular flexibility index (Phi) is 5.15. The van der Waals surface area contributed by atoms with Gasteiger partial charge in [0.05, 0.1) is 11.3 Å². The summed E-state index contributed by atoms with van der Waals surface area (Å²) in [6, 6.07) is 12.9. The van der Waals surface area contributed by atoms with E-state index in [0.29, 0.717) is 16.3 Å². The van der Waals surface area contributed by atoms with Crippen molar-refractivity contribution in [1.82, 2.24) is 0 Å². The maximum absolute atomic E-state index is 11.5. The second kappa shape index (κ2) is 6.87. The minimum Gasteiger partial charge on any atom is -0.478 e. The first-order valence-electron chi connectivity index (χ1n) is 6.45. The molecule has 0 saturated heterocycles. The zero-order valence-corrected chi connectivity index (χ0v) is 13.3. The summed E-state index contributed by atoms with van der Waals surface area (Å²) in [7, 11) is 0. The first-order chi connectivity index (χ1) is 10.0. The van der Waals surface area contributed by atoms with Crippen LogP contribution in [0.4, 0.5) is 5.69 Å². The minimum atomic E-state index is -0.925. The van der Waals surface area contributed by atoms with Gasteiger partial charge in [0.1, 0.15) is 0 Å². The van der Waals surface area contributed by atoms with Gasteiger partial charge in [-0.3, -0.25) is 0 Å². The van der Waals surface area contributed by atoms with Gasteiger partial charge in [-0.2, -0.15) is 0 Å². The number of anilines is 1. The van der Waals surface area contributed by atoms with Crippen LogP contribution in [-0.4, -0.2) is 17.3 Å². The summed E-state index contributed by atoms with van der Waals surface area (Å²) in [4.78, 5) is 12.2. The van der Waals surface area contributed by atoms with Gasteiger partial charge >= 0.3 is 5.97 Å². The molecule has 0 aliphatic rings. The maximum Gasteiger partial charge on any atom is 0.338 e. The average molecular weight is 322 g/mol. The lowest BCUT2D eigenvalue weighted by Gasteiger charge is -2.18. The van der Waals surface area contributed by atoms with Crippen LogP contribution in [0.25, 0.3) is 0 Å². The van der Waals surface area contributed by atoms with Gasteiger partial charge in [0, 0.05) is 16.0 Å². The fraction of sp³-hybridized carbons (Fsp3) is 0.188. The fourth-order valence-corrected chi connectivity index (χ4v) is 2.85. The maximum atomic E-state index is 11.5. The molecule has 1 atom stereocenters. The Bertz CT molecular complexity index is 643. The number of carboxylic acids is 1. The highest BCUT2D eigenvalue weighted by atomic mass is 35.5. The molecule has 2 aromatic carbocycles. The molecule has 2 N–H and O–H groups in total. The van der Waals surface area contributed by atoms with Crippen LogP contribution in [0.5, 0.6) is 0 Å². The molecule has 0 aliphatic carbocycles. The van der Waals surface area contributed by atoms with Crippen LogP contribution in [0, 0.1) is 0 Å². The van der Waals surface area contributed by atoms with E-state index in [2.05, 4.69) is 5.32 Å². The number of benzene rings is 2. The quantitative estimate of drug-likeness (QED) is 0.766. The Hall–Kier alpha value is -1.65. The second-order valence-electron chi connectivity index (χ2n) is 4.61. The van der Waals surface area contributed by atoms with Crippen LogP contribution >= 0.6 is 23.4 Å². The third kappa shape index (κ3) is 3.71. The van der Waals surface area contributed by atoms with Crippen molar-refractivity contribution in [3.8, 4) is 0 Å². The number of thioether (sulfide) groups is 1. The lowest BCUT2D eigenvalue weighted by Crippen LogP contribution is -2.11. The van der Waals surface area contributed by atoms with Crippen molar-refractivity contribution in [2.45, 2.75) is 17.9 Å². The van der Waals surface area contributed by atoms with E-state index < -0.39 is 5.97 Å². The van der Waals surface area contributed by atoms with Crippen molar-refractivity contribution >= 4 is 35.0 Å². The predicted molar refractivity (Wildman–Crippen MR) is 88.7 cm³/mol. The Morgan fingerprint density at radius 3 is 2.48 bits per heavy atom. The minimum absolute atomic E-state index is 0.0162. The SMILES string of the molecule is CSc1cccc(NC(C)c2ccc(Cl)cc2)c1C(=O)O. The lowest BCUT2D eigenvalue weighted by molar-refractivity contribution is 0.0694. The van der Waals surface area contributed by atoms with Crippen LogP contribution in [0.1, 0.15) is 28.9 Å². The number of hydrogen-bond acceptors (Lipinski definition) is 3. The molecular weight excluding hydrogens is 306 g/mol. The molecule has 21 heavy (non-hydrogen) atoms. The summed E-state index contributed by atoms with van der Waals surface area (Å²) >= 11 is 7.31. The highest BCUT2D eigenvalue weighted by Crippen LogP contribution is 2.30. The third-order valence-electron chi connectivity index (χ3n) is 3.20. The molecule has 0 radical (unpaired) electrons. The molecule has 0 amide bonds. The molecule has 0 heterocycles. The van der Waals surface area contributed by atoms with Gasteiger partial charge in [-0.05, 0) is 43.0 Å². The molecule has 1 unspecified atom stereocenters. The van der Waals surface area contributed by atoms with Crippen LogP contribution < -0.4 is 5.32 Å². The van der Waals surface area contributed by atoms with Gasteiger partial charge in [-0.1, -0.05) is 29.8 Å². The van der Waals surface area contributed by atoms with E-state index in [1.807, 2.05) is 49.6 Å². The van der Waals surface area contributed by atoms with Gasteiger partial charge in [-0.25, -0.2) is 4.79 Å². The molecule has 0 aromatic heterocycles. The second-order valence-corrected chi connectivity index (χ2v) is 5.89. The van der Waals surface area contributed by atoms with E-state index in [4.69, 9.17) is 11.6 Å².